The highest BCUT2D eigenvalue weighted by Gasteiger charge is 2.28. The highest BCUT2D eigenvalue weighted by molar-refractivity contribution is 9.09. The fourth-order valence-electron chi connectivity index (χ4n) is 0.815. The molecule has 0 heterocycles. The largest absolute Gasteiger partial charge is 0.419 e. The summed E-state index contributed by atoms with van der Waals surface area (Å²) in [6.07, 6.45) is 0. The summed E-state index contributed by atoms with van der Waals surface area (Å²) in [6, 6.07) is 0. The fourth-order valence-corrected chi connectivity index (χ4v) is 0.930. The summed E-state index contributed by atoms with van der Waals surface area (Å²) in [5, 5.41) is -0.452. The molecule has 0 amide bonds. The van der Waals surface area contributed by atoms with Crippen LogP contribution in [-0.4, -0.2) is 11.3 Å². The van der Waals surface area contributed by atoms with Gasteiger partial charge in [0.15, 0.2) is 0 Å². The van der Waals surface area contributed by atoms with Crippen molar-refractivity contribution in [3.63, 3.8) is 0 Å². The Bertz CT molecular complexity index is 420. The van der Waals surface area contributed by atoms with Gasteiger partial charge in [-0.1, -0.05) is 15.9 Å². The van der Waals surface area contributed by atoms with Crippen LogP contribution in [0.5, 0.6) is 5.75 Å². The molecule has 0 radical (unpaired) electrons. The highest BCUT2D eigenvalue weighted by Crippen LogP contribution is 2.29. The van der Waals surface area contributed by atoms with E-state index in [2.05, 4.69) is 20.7 Å². The second-order valence-corrected chi connectivity index (χ2v) is 3.07. The SMILES string of the molecule is O=C(CBr)Oc1c(F)c(F)c(F)c(F)c1F. The molecule has 0 aromatic heterocycles. The molecule has 0 spiro atoms. The number of hydrogen-bond acceptors (Lipinski definition) is 2. The van der Waals surface area contributed by atoms with E-state index in [0.717, 1.165) is 0 Å². The van der Waals surface area contributed by atoms with Crippen molar-refractivity contribution in [2.24, 2.45) is 0 Å². The van der Waals surface area contributed by atoms with Gasteiger partial charge in [-0.05, 0) is 0 Å². The average molecular weight is 305 g/mol. The van der Waals surface area contributed by atoms with Crippen molar-refractivity contribution in [2.75, 3.05) is 5.33 Å². The summed E-state index contributed by atoms with van der Waals surface area (Å²) < 4.78 is 67.5. The van der Waals surface area contributed by atoms with E-state index in [0.29, 0.717) is 0 Å². The first-order valence-corrected chi connectivity index (χ1v) is 4.80. The zero-order valence-electron chi connectivity index (χ0n) is 7.29. The van der Waals surface area contributed by atoms with Crippen LogP contribution in [-0.2, 0) is 4.79 Å². The van der Waals surface area contributed by atoms with E-state index in [-0.39, 0.29) is 0 Å². The number of halogens is 6. The number of alkyl halides is 1. The standard InChI is InChI=1S/C8H2BrF5O2/c9-1-2(15)16-8-6(13)4(11)3(10)5(12)7(8)14/h1H2. The lowest BCUT2D eigenvalue weighted by molar-refractivity contribution is -0.131. The van der Waals surface area contributed by atoms with Crippen LogP contribution in [0, 0.1) is 29.1 Å². The Hall–Kier alpha value is -1.18. The van der Waals surface area contributed by atoms with E-state index in [9.17, 15) is 26.7 Å². The van der Waals surface area contributed by atoms with Gasteiger partial charge >= 0.3 is 5.97 Å². The molecule has 0 fully saturated rings. The predicted octanol–water partition coefficient (Wildman–Crippen LogP) is 2.68. The van der Waals surface area contributed by atoms with E-state index < -0.39 is 46.1 Å². The zero-order chi connectivity index (χ0) is 12.5. The molecular formula is C8H2BrF5O2. The second kappa shape index (κ2) is 4.77. The van der Waals surface area contributed by atoms with Gasteiger partial charge in [0.25, 0.3) is 0 Å². The van der Waals surface area contributed by atoms with Crippen LogP contribution >= 0.6 is 15.9 Å². The third-order valence-corrected chi connectivity index (χ3v) is 1.95. The second-order valence-electron chi connectivity index (χ2n) is 2.51. The first-order valence-electron chi connectivity index (χ1n) is 3.68. The van der Waals surface area contributed by atoms with E-state index >= 15 is 0 Å². The maximum absolute atomic E-state index is 12.9. The molecule has 88 valence electrons. The molecule has 0 bridgehead atoms. The Balaban J connectivity index is 3.34. The van der Waals surface area contributed by atoms with E-state index in [1.807, 2.05) is 0 Å². The van der Waals surface area contributed by atoms with Gasteiger partial charge in [-0.25, -0.2) is 13.2 Å². The van der Waals surface area contributed by atoms with Crippen molar-refractivity contribution in [3.05, 3.63) is 29.1 Å². The molecule has 0 aliphatic carbocycles. The number of rotatable bonds is 2. The number of carbonyl (C=O) groups excluding carboxylic acids is 1. The Morgan fingerprint density at radius 1 is 0.938 bits per heavy atom. The first kappa shape index (κ1) is 12.9. The van der Waals surface area contributed by atoms with Gasteiger partial charge in [-0.3, -0.25) is 4.79 Å². The number of esters is 1. The predicted molar refractivity (Wildman–Crippen MR) is 45.7 cm³/mol. The molecule has 0 unspecified atom stereocenters. The van der Waals surface area contributed by atoms with Crippen LogP contribution in [0.2, 0.25) is 0 Å². The molecule has 0 aliphatic heterocycles. The minimum absolute atomic E-state index is 0.452. The minimum atomic E-state index is -2.31. The Morgan fingerprint density at radius 2 is 1.31 bits per heavy atom. The van der Waals surface area contributed by atoms with E-state index in [4.69, 9.17) is 0 Å². The Labute approximate surface area is 94.1 Å². The maximum atomic E-state index is 12.9. The van der Waals surface area contributed by atoms with Crippen molar-refractivity contribution in [1.82, 2.24) is 0 Å². The maximum Gasteiger partial charge on any atom is 0.322 e. The molecule has 0 saturated heterocycles. The molecule has 0 aliphatic rings. The average Bonchev–Trinajstić information content (AvgIpc) is 2.29. The summed E-state index contributed by atoms with van der Waals surface area (Å²) in [4.78, 5) is 10.7. The molecule has 1 aromatic rings. The van der Waals surface area contributed by atoms with E-state index in [1.165, 1.54) is 0 Å². The van der Waals surface area contributed by atoms with Crippen molar-refractivity contribution in [1.29, 1.82) is 0 Å². The van der Waals surface area contributed by atoms with Gasteiger partial charge in [0, 0.05) is 0 Å². The van der Waals surface area contributed by atoms with Gasteiger partial charge in [-0.2, -0.15) is 8.78 Å². The summed E-state index contributed by atoms with van der Waals surface area (Å²) >= 11 is 2.59. The van der Waals surface area contributed by atoms with Gasteiger partial charge in [0.2, 0.25) is 34.8 Å². The lowest BCUT2D eigenvalue weighted by atomic mass is 10.2. The van der Waals surface area contributed by atoms with Gasteiger partial charge in [0.05, 0.1) is 0 Å². The summed E-state index contributed by atoms with van der Waals surface area (Å²) in [5.74, 6) is -13.8. The third kappa shape index (κ3) is 2.16. The molecule has 0 saturated carbocycles. The van der Waals surface area contributed by atoms with Crippen LogP contribution in [0.25, 0.3) is 0 Å². The normalized spacial score (nSPS) is 10.4. The lowest BCUT2D eigenvalue weighted by Crippen LogP contribution is -2.14. The van der Waals surface area contributed by atoms with Crippen molar-refractivity contribution in [3.8, 4) is 5.75 Å². The molecular weight excluding hydrogens is 303 g/mol. The van der Waals surface area contributed by atoms with Crippen LogP contribution in [0.4, 0.5) is 22.0 Å². The number of carbonyl (C=O) groups is 1. The number of hydrogen-bond donors (Lipinski definition) is 0. The van der Waals surface area contributed by atoms with Gasteiger partial charge < -0.3 is 4.74 Å². The number of ether oxygens (including phenoxy) is 1. The summed E-state index contributed by atoms with van der Waals surface area (Å²) in [5.41, 5.74) is 0. The third-order valence-electron chi connectivity index (χ3n) is 1.49. The Kier molecular flexibility index (Phi) is 3.84. The zero-order valence-corrected chi connectivity index (χ0v) is 8.88. The molecule has 16 heavy (non-hydrogen) atoms. The van der Waals surface area contributed by atoms with E-state index in [1.54, 1.807) is 0 Å². The Morgan fingerprint density at radius 3 is 1.69 bits per heavy atom. The van der Waals surface area contributed by atoms with Crippen LogP contribution < -0.4 is 4.74 Å². The summed E-state index contributed by atoms with van der Waals surface area (Å²) in [6.45, 7) is 0. The van der Waals surface area contributed by atoms with Crippen molar-refractivity contribution < 1.29 is 31.5 Å². The smallest absolute Gasteiger partial charge is 0.322 e. The van der Waals surface area contributed by atoms with Crippen LogP contribution in [0.3, 0.4) is 0 Å². The van der Waals surface area contributed by atoms with Crippen molar-refractivity contribution in [2.45, 2.75) is 0 Å². The van der Waals surface area contributed by atoms with Gasteiger partial charge in [-0.15, -0.1) is 0 Å². The molecule has 1 aromatic carbocycles. The topological polar surface area (TPSA) is 26.3 Å². The van der Waals surface area contributed by atoms with Crippen LogP contribution in [0.1, 0.15) is 0 Å². The lowest BCUT2D eigenvalue weighted by Gasteiger charge is -2.07. The summed E-state index contributed by atoms with van der Waals surface area (Å²) in [7, 11) is 0. The molecule has 2 nitrogen and oxygen atoms in total. The number of benzene rings is 1. The monoisotopic (exact) mass is 304 g/mol. The molecule has 8 heteroatoms. The van der Waals surface area contributed by atoms with Crippen LogP contribution in [0.15, 0.2) is 0 Å². The molecule has 0 N–H and O–H groups in total. The molecule has 1 rings (SSSR count). The highest BCUT2D eigenvalue weighted by atomic mass is 79.9. The van der Waals surface area contributed by atoms with Gasteiger partial charge in [0.1, 0.15) is 5.33 Å². The quantitative estimate of drug-likeness (QED) is 0.210. The van der Waals surface area contributed by atoms with Crippen molar-refractivity contribution >= 4 is 21.9 Å². The minimum Gasteiger partial charge on any atom is -0.419 e. The molecule has 0 atom stereocenters. The first-order chi connectivity index (χ1) is 7.40. The fraction of sp³-hybridized carbons (Fsp3) is 0.125.